The molecule has 0 N–H and O–H groups in total. The first-order chi connectivity index (χ1) is 16.2. The average Bonchev–Trinajstić information content (AvgIpc) is 3.50. The van der Waals surface area contributed by atoms with Crippen LogP contribution in [0.2, 0.25) is 0 Å². The number of aryl methyl sites for hydroxylation is 2. The van der Waals surface area contributed by atoms with Crippen molar-refractivity contribution in [3.63, 3.8) is 0 Å². The number of hydrogen-bond donors (Lipinski definition) is 0. The molecule has 5 rings (SSSR count). The molecule has 1 aliphatic heterocycles. The number of fused-ring (bicyclic) bond motifs is 1. The van der Waals surface area contributed by atoms with Crippen LogP contribution in [-0.4, -0.2) is 45.5 Å². The molecule has 0 saturated carbocycles. The maximum atomic E-state index is 12.7. The van der Waals surface area contributed by atoms with E-state index in [1.807, 2.05) is 52.9 Å². The number of rotatable bonds is 7. The van der Waals surface area contributed by atoms with Gasteiger partial charge in [-0.1, -0.05) is 18.2 Å². The number of thiophene rings is 1. The van der Waals surface area contributed by atoms with Crippen LogP contribution in [0.3, 0.4) is 0 Å². The normalized spacial score (nSPS) is 14.6. The van der Waals surface area contributed by atoms with Crippen LogP contribution in [0.1, 0.15) is 35.1 Å². The minimum Gasteiger partial charge on any atom is -0.497 e. The molecule has 0 bridgehead atoms. The largest absolute Gasteiger partial charge is 0.497 e. The van der Waals surface area contributed by atoms with Gasteiger partial charge in [-0.2, -0.15) is 0 Å². The summed E-state index contributed by atoms with van der Waals surface area (Å²) in [6, 6.07) is 16.5. The molecule has 0 atom stereocenters. The van der Waals surface area contributed by atoms with Crippen molar-refractivity contribution in [2.75, 3.05) is 20.2 Å². The molecule has 7 heteroatoms. The van der Waals surface area contributed by atoms with Gasteiger partial charge < -0.3 is 14.2 Å². The minimum absolute atomic E-state index is 0.225. The number of ether oxygens (including phenoxy) is 1. The highest BCUT2D eigenvalue weighted by Gasteiger charge is 2.27. The third-order valence-electron chi connectivity index (χ3n) is 6.38. The van der Waals surface area contributed by atoms with E-state index in [0.717, 1.165) is 66.4 Å². The second-order valence-electron chi connectivity index (χ2n) is 8.46. The van der Waals surface area contributed by atoms with Crippen molar-refractivity contribution in [3.8, 4) is 5.75 Å². The Bertz CT molecular complexity index is 1230. The summed E-state index contributed by atoms with van der Waals surface area (Å²) in [5, 5.41) is 2.03. The summed E-state index contributed by atoms with van der Waals surface area (Å²) in [4.78, 5) is 25.5. The van der Waals surface area contributed by atoms with Crippen LogP contribution < -0.4 is 4.74 Å². The number of carbonyl (C=O) groups excluding carboxylic acids is 1. The molecule has 1 amide bonds. The van der Waals surface area contributed by atoms with Gasteiger partial charge in [0.25, 0.3) is 0 Å². The number of imidazole rings is 1. The molecule has 4 aromatic rings. The standard InChI is InChI=1S/C26H28N4O2S/c1-32-21-6-2-5-19(17-21)9-10-24-28-23-8-3-13-27-26(23)30(24)20-11-14-29(15-12-20)25(31)18-22-7-4-16-33-22/h2-8,13,16-17,20H,9-12,14-15,18H2,1H3. The zero-order valence-corrected chi connectivity index (χ0v) is 19.6. The minimum atomic E-state index is 0.225. The van der Waals surface area contributed by atoms with Crippen molar-refractivity contribution < 1.29 is 9.53 Å². The summed E-state index contributed by atoms with van der Waals surface area (Å²) in [5.74, 6) is 2.17. The molecule has 0 spiro atoms. The molecule has 33 heavy (non-hydrogen) atoms. The van der Waals surface area contributed by atoms with E-state index in [1.54, 1.807) is 18.4 Å². The number of likely N-dealkylation sites (tertiary alicyclic amines) is 1. The second kappa shape index (κ2) is 9.75. The van der Waals surface area contributed by atoms with Gasteiger partial charge in [-0.05, 0) is 60.5 Å². The summed E-state index contributed by atoms with van der Waals surface area (Å²) < 4.78 is 7.70. The second-order valence-corrected chi connectivity index (χ2v) is 9.50. The molecule has 0 radical (unpaired) electrons. The van der Waals surface area contributed by atoms with Crippen LogP contribution in [-0.2, 0) is 24.1 Å². The number of nitrogens with zero attached hydrogens (tertiary/aromatic N) is 4. The Morgan fingerprint density at radius 1 is 1.12 bits per heavy atom. The van der Waals surface area contributed by atoms with Crippen molar-refractivity contribution in [1.82, 2.24) is 19.4 Å². The van der Waals surface area contributed by atoms with Crippen LogP contribution in [0.15, 0.2) is 60.1 Å². The Hall–Kier alpha value is -3.19. The van der Waals surface area contributed by atoms with Crippen molar-refractivity contribution in [3.05, 3.63) is 76.4 Å². The monoisotopic (exact) mass is 460 g/mol. The molecule has 1 aromatic carbocycles. The summed E-state index contributed by atoms with van der Waals surface area (Å²) in [6.45, 7) is 1.55. The van der Waals surface area contributed by atoms with Crippen LogP contribution in [0.25, 0.3) is 11.2 Å². The number of aromatic nitrogens is 3. The lowest BCUT2D eigenvalue weighted by molar-refractivity contribution is -0.131. The van der Waals surface area contributed by atoms with Gasteiger partial charge in [-0.25, -0.2) is 9.97 Å². The smallest absolute Gasteiger partial charge is 0.227 e. The van der Waals surface area contributed by atoms with Gasteiger partial charge in [0.1, 0.15) is 17.1 Å². The fourth-order valence-corrected chi connectivity index (χ4v) is 5.36. The molecule has 3 aromatic heterocycles. The summed E-state index contributed by atoms with van der Waals surface area (Å²) in [5.41, 5.74) is 3.12. The molecule has 1 fully saturated rings. The van der Waals surface area contributed by atoms with Crippen LogP contribution >= 0.6 is 11.3 Å². The first-order valence-electron chi connectivity index (χ1n) is 11.5. The van der Waals surface area contributed by atoms with E-state index in [4.69, 9.17) is 9.72 Å². The van der Waals surface area contributed by atoms with Gasteiger partial charge in [0.2, 0.25) is 5.91 Å². The van der Waals surface area contributed by atoms with Gasteiger partial charge in [-0.15, -0.1) is 11.3 Å². The Labute approximate surface area is 197 Å². The molecule has 0 unspecified atom stereocenters. The van der Waals surface area contributed by atoms with Gasteiger partial charge in [0, 0.05) is 36.6 Å². The van der Waals surface area contributed by atoms with Gasteiger partial charge in [0.05, 0.1) is 13.5 Å². The lowest BCUT2D eigenvalue weighted by Crippen LogP contribution is -2.40. The summed E-state index contributed by atoms with van der Waals surface area (Å²) >= 11 is 1.65. The first-order valence-corrected chi connectivity index (χ1v) is 12.3. The molecule has 0 aliphatic carbocycles. The molecular formula is C26H28N4O2S. The zero-order chi connectivity index (χ0) is 22.6. The van der Waals surface area contributed by atoms with Crippen LogP contribution in [0.5, 0.6) is 5.75 Å². The van der Waals surface area contributed by atoms with Gasteiger partial charge in [-0.3, -0.25) is 4.79 Å². The van der Waals surface area contributed by atoms with Crippen molar-refractivity contribution in [2.45, 2.75) is 38.1 Å². The van der Waals surface area contributed by atoms with Gasteiger partial charge >= 0.3 is 0 Å². The van der Waals surface area contributed by atoms with Crippen LogP contribution in [0.4, 0.5) is 0 Å². The predicted octanol–water partition coefficient (Wildman–Crippen LogP) is 4.69. The van der Waals surface area contributed by atoms with E-state index >= 15 is 0 Å². The van der Waals surface area contributed by atoms with Crippen molar-refractivity contribution >= 4 is 28.4 Å². The zero-order valence-electron chi connectivity index (χ0n) is 18.8. The highest BCUT2D eigenvalue weighted by molar-refractivity contribution is 7.10. The molecular weight excluding hydrogens is 432 g/mol. The maximum absolute atomic E-state index is 12.7. The van der Waals surface area contributed by atoms with Crippen LogP contribution in [0, 0.1) is 0 Å². The SMILES string of the molecule is COc1cccc(CCc2nc3cccnc3n2C2CCN(C(=O)Cc3cccs3)CC2)c1. The van der Waals surface area contributed by atoms with E-state index in [2.05, 4.69) is 21.7 Å². The number of benzene rings is 1. The first kappa shape index (κ1) is 21.6. The molecule has 6 nitrogen and oxygen atoms in total. The topological polar surface area (TPSA) is 60.3 Å². The summed E-state index contributed by atoms with van der Waals surface area (Å²) in [6.07, 6.45) is 5.91. The molecule has 170 valence electrons. The lowest BCUT2D eigenvalue weighted by Gasteiger charge is -2.33. The summed E-state index contributed by atoms with van der Waals surface area (Å²) in [7, 11) is 1.70. The van der Waals surface area contributed by atoms with Crippen molar-refractivity contribution in [1.29, 1.82) is 0 Å². The third kappa shape index (κ3) is 4.78. The third-order valence-corrected chi connectivity index (χ3v) is 7.26. The van der Waals surface area contributed by atoms with E-state index in [1.165, 1.54) is 5.56 Å². The predicted molar refractivity (Wildman–Crippen MR) is 131 cm³/mol. The van der Waals surface area contributed by atoms with E-state index in [0.29, 0.717) is 12.5 Å². The highest BCUT2D eigenvalue weighted by Crippen LogP contribution is 2.29. The number of amides is 1. The molecule has 1 saturated heterocycles. The fourth-order valence-electron chi connectivity index (χ4n) is 4.67. The number of pyridine rings is 1. The average molecular weight is 461 g/mol. The van der Waals surface area contributed by atoms with E-state index < -0.39 is 0 Å². The van der Waals surface area contributed by atoms with Crippen molar-refractivity contribution in [2.24, 2.45) is 0 Å². The van der Waals surface area contributed by atoms with E-state index in [9.17, 15) is 4.79 Å². The number of hydrogen-bond acceptors (Lipinski definition) is 5. The Morgan fingerprint density at radius 3 is 2.79 bits per heavy atom. The van der Waals surface area contributed by atoms with Gasteiger partial charge in [0.15, 0.2) is 5.65 Å². The Kier molecular flexibility index (Phi) is 6.39. The fraction of sp³-hybridized carbons (Fsp3) is 0.346. The molecule has 1 aliphatic rings. The molecule has 4 heterocycles. The maximum Gasteiger partial charge on any atom is 0.227 e. The Morgan fingerprint density at radius 2 is 2.00 bits per heavy atom. The lowest BCUT2D eigenvalue weighted by atomic mass is 10.0. The number of methoxy groups -OCH3 is 1. The Balaban J connectivity index is 1.31. The number of piperidine rings is 1. The number of carbonyl (C=O) groups is 1. The highest BCUT2D eigenvalue weighted by atomic mass is 32.1. The quantitative estimate of drug-likeness (QED) is 0.401. The van der Waals surface area contributed by atoms with E-state index in [-0.39, 0.29) is 5.91 Å².